The molecule has 0 amide bonds. The molecule has 0 N–H and O–H groups in total. The van der Waals surface area contributed by atoms with E-state index in [2.05, 4.69) is 9.97 Å². The van der Waals surface area contributed by atoms with Gasteiger partial charge in [-0.15, -0.1) is 0 Å². The van der Waals surface area contributed by atoms with Crippen LogP contribution in [0.5, 0.6) is 0 Å². The first-order chi connectivity index (χ1) is 21.5. The highest BCUT2D eigenvalue weighted by molar-refractivity contribution is 7.89. The van der Waals surface area contributed by atoms with E-state index < -0.39 is 55.7 Å². The van der Waals surface area contributed by atoms with Gasteiger partial charge < -0.3 is 0 Å². The molecule has 0 atom stereocenters. The van der Waals surface area contributed by atoms with Crippen molar-refractivity contribution < 1.29 is 26.0 Å². The van der Waals surface area contributed by atoms with Crippen molar-refractivity contribution in [3.05, 3.63) is 153 Å². The van der Waals surface area contributed by atoms with Gasteiger partial charge in [-0.05, 0) is 96.5 Å². The molecule has 0 spiro atoms. The third kappa shape index (κ3) is 6.31. The van der Waals surface area contributed by atoms with E-state index in [0.29, 0.717) is 35.1 Å². The molecular formula is C36H28F4N2O2S. The van der Waals surface area contributed by atoms with Gasteiger partial charge in [0.25, 0.3) is 0 Å². The predicted molar refractivity (Wildman–Crippen MR) is 168 cm³/mol. The Morgan fingerprint density at radius 1 is 0.556 bits per heavy atom. The summed E-state index contributed by atoms with van der Waals surface area (Å²) >= 11 is 0. The van der Waals surface area contributed by atoms with Crippen molar-refractivity contribution in [2.45, 2.75) is 38.2 Å². The molecular weight excluding hydrogens is 600 g/mol. The van der Waals surface area contributed by atoms with Crippen LogP contribution in [0.3, 0.4) is 0 Å². The minimum absolute atomic E-state index is 0.00121. The van der Waals surface area contributed by atoms with Crippen molar-refractivity contribution in [2.24, 2.45) is 0 Å². The fraction of sp³-hybridized carbons (Fsp3) is 0.167. The van der Waals surface area contributed by atoms with E-state index in [4.69, 9.17) is 0 Å². The number of pyridine rings is 2. The summed E-state index contributed by atoms with van der Waals surface area (Å²) in [5, 5.41) is 0. The van der Waals surface area contributed by atoms with Crippen LogP contribution in [0.1, 0.15) is 57.3 Å². The SMILES string of the molecule is Cc1cncc(C2=CCC=C2c2cc(F)c(CS(=O)(=O)Cc3cc(F)c(C4=CCC=C4c4cncc(C)c4)cc3F)cc2F)c1. The van der Waals surface area contributed by atoms with E-state index in [0.717, 1.165) is 46.5 Å². The fourth-order valence-corrected chi connectivity index (χ4v) is 7.32. The van der Waals surface area contributed by atoms with Gasteiger partial charge in [0.05, 0.1) is 11.5 Å². The number of benzene rings is 2. The van der Waals surface area contributed by atoms with Crippen LogP contribution >= 0.6 is 0 Å². The van der Waals surface area contributed by atoms with E-state index in [1.165, 1.54) is 0 Å². The van der Waals surface area contributed by atoms with E-state index in [1.54, 1.807) is 36.9 Å². The normalized spacial score (nSPS) is 14.7. The maximum atomic E-state index is 15.4. The van der Waals surface area contributed by atoms with Gasteiger partial charge in [0.15, 0.2) is 9.84 Å². The van der Waals surface area contributed by atoms with Gasteiger partial charge in [-0.1, -0.05) is 24.3 Å². The fourth-order valence-electron chi connectivity index (χ4n) is 5.83. The van der Waals surface area contributed by atoms with Crippen molar-refractivity contribution in [1.29, 1.82) is 0 Å². The van der Waals surface area contributed by atoms with Crippen LogP contribution in [0.2, 0.25) is 0 Å². The van der Waals surface area contributed by atoms with E-state index in [9.17, 15) is 8.42 Å². The van der Waals surface area contributed by atoms with Crippen molar-refractivity contribution in [2.75, 3.05) is 0 Å². The molecule has 2 aliphatic rings. The Kier molecular flexibility index (Phi) is 8.14. The number of hydrogen-bond acceptors (Lipinski definition) is 4. The Bertz CT molecular complexity index is 1950. The number of halogens is 4. The number of hydrogen-bond donors (Lipinski definition) is 0. The minimum Gasteiger partial charge on any atom is -0.264 e. The molecule has 6 rings (SSSR count). The summed E-state index contributed by atoms with van der Waals surface area (Å²) in [4.78, 5) is 8.36. The number of aryl methyl sites for hydroxylation is 2. The first-order valence-corrected chi connectivity index (χ1v) is 16.1. The van der Waals surface area contributed by atoms with E-state index in [-0.39, 0.29) is 11.1 Å². The van der Waals surface area contributed by atoms with Crippen molar-refractivity contribution in [1.82, 2.24) is 9.97 Å². The zero-order valence-corrected chi connectivity index (χ0v) is 25.4. The van der Waals surface area contributed by atoms with Gasteiger partial charge in [-0.3, -0.25) is 9.97 Å². The maximum Gasteiger partial charge on any atom is 0.158 e. The third-order valence-electron chi connectivity index (χ3n) is 7.84. The van der Waals surface area contributed by atoms with Crippen LogP contribution in [-0.4, -0.2) is 18.4 Å². The van der Waals surface area contributed by atoms with Gasteiger partial charge in [-0.25, -0.2) is 26.0 Å². The van der Waals surface area contributed by atoms with Gasteiger partial charge in [0.1, 0.15) is 23.3 Å². The summed E-state index contributed by atoms with van der Waals surface area (Å²) in [6.45, 7) is 3.76. The highest BCUT2D eigenvalue weighted by Crippen LogP contribution is 2.40. The molecule has 0 radical (unpaired) electrons. The molecule has 0 bridgehead atoms. The Morgan fingerprint density at radius 2 is 0.956 bits per heavy atom. The van der Waals surface area contributed by atoms with Crippen LogP contribution in [0.4, 0.5) is 17.6 Å². The summed E-state index contributed by atoms with van der Waals surface area (Å²) in [7, 11) is -4.23. The smallest absolute Gasteiger partial charge is 0.158 e. The topological polar surface area (TPSA) is 59.9 Å². The molecule has 228 valence electrons. The summed E-state index contributed by atoms with van der Waals surface area (Å²) in [6.07, 6.45) is 15.0. The van der Waals surface area contributed by atoms with Gasteiger partial charge in [-0.2, -0.15) is 0 Å². The summed E-state index contributed by atoms with van der Waals surface area (Å²) in [6, 6.07) is 7.46. The van der Waals surface area contributed by atoms with Crippen LogP contribution in [0, 0.1) is 37.1 Å². The Balaban J connectivity index is 1.22. The second-order valence-corrected chi connectivity index (χ2v) is 13.4. The Hall–Kier alpha value is -4.63. The summed E-state index contributed by atoms with van der Waals surface area (Å²) in [5.74, 6) is -5.18. The maximum absolute atomic E-state index is 15.4. The standard InChI is InChI=1S/C36H28F4N2O2S/c1-21-9-23(17-41-15-21)27-5-3-7-29(27)31-13-33(37)25(11-35(31)39)19-45(43,44)20-26-12-36(40)32(14-34(26)38)30-8-4-6-28(30)24-10-22(2)16-42-18-24/h5-18H,3-4,19-20H2,1-2H3. The monoisotopic (exact) mass is 628 g/mol. The lowest BCUT2D eigenvalue weighted by molar-refractivity contribution is 0.570. The Labute approximate surface area is 259 Å². The predicted octanol–water partition coefficient (Wildman–Crippen LogP) is 8.51. The highest BCUT2D eigenvalue weighted by Gasteiger charge is 2.25. The molecule has 0 unspecified atom stereocenters. The molecule has 2 aromatic heterocycles. The lowest BCUT2D eigenvalue weighted by atomic mass is 9.94. The molecule has 2 heterocycles. The summed E-state index contributed by atoms with van der Waals surface area (Å²) < 4.78 is 87.5. The quantitative estimate of drug-likeness (QED) is 0.184. The number of rotatable bonds is 8. The number of aromatic nitrogens is 2. The van der Waals surface area contributed by atoms with Crippen LogP contribution in [0.25, 0.3) is 22.3 Å². The minimum atomic E-state index is -4.23. The zero-order valence-electron chi connectivity index (χ0n) is 24.5. The van der Waals surface area contributed by atoms with Crippen LogP contribution in [0.15, 0.2) is 85.5 Å². The molecule has 9 heteroatoms. The van der Waals surface area contributed by atoms with Gasteiger partial charge in [0, 0.05) is 58.2 Å². The first-order valence-electron chi connectivity index (χ1n) is 14.3. The molecule has 2 aromatic carbocycles. The molecule has 4 nitrogen and oxygen atoms in total. The molecule has 0 saturated carbocycles. The molecule has 0 saturated heterocycles. The highest BCUT2D eigenvalue weighted by atomic mass is 32.2. The largest absolute Gasteiger partial charge is 0.264 e. The molecule has 2 aliphatic carbocycles. The van der Waals surface area contributed by atoms with Crippen molar-refractivity contribution in [3.63, 3.8) is 0 Å². The number of allylic oxidation sites excluding steroid dienone is 8. The average Bonchev–Trinajstić information content (AvgIpc) is 3.67. The second-order valence-electron chi connectivity index (χ2n) is 11.3. The average molecular weight is 629 g/mol. The zero-order chi connectivity index (χ0) is 31.9. The van der Waals surface area contributed by atoms with Crippen LogP contribution < -0.4 is 0 Å². The van der Waals surface area contributed by atoms with Crippen molar-refractivity contribution in [3.8, 4) is 0 Å². The lowest BCUT2D eigenvalue weighted by Gasteiger charge is -2.14. The van der Waals surface area contributed by atoms with E-state index >= 15 is 17.6 Å². The van der Waals surface area contributed by atoms with Crippen molar-refractivity contribution >= 4 is 32.1 Å². The number of sulfone groups is 1. The molecule has 0 aliphatic heterocycles. The molecule has 0 fully saturated rings. The Morgan fingerprint density at radius 3 is 1.36 bits per heavy atom. The van der Waals surface area contributed by atoms with Gasteiger partial charge in [0.2, 0.25) is 0 Å². The first kappa shape index (κ1) is 30.4. The van der Waals surface area contributed by atoms with Gasteiger partial charge >= 0.3 is 0 Å². The lowest BCUT2D eigenvalue weighted by Crippen LogP contribution is -2.12. The summed E-state index contributed by atoms with van der Waals surface area (Å²) in [5.41, 5.74) is 4.93. The third-order valence-corrected chi connectivity index (χ3v) is 9.35. The van der Waals surface area contributed by atoms with Crippen LogP contribution in [-0.2, 0) is 21.3 Å². The number of nitrogens with zero attached hydrogens (tertiary/aromatic N) is 2. The van der Waals surface area contributed by atoms with E-state index in [1.807, 2.05) is 38.1 Å². The molecule has 45 heavy (non-hydrogen) atoms. The second kappa shape index (κ2) is 12.0. The molecule has 4 aromatic rings.